The Morgan fingerprint density at radius 2 is 2.25 bits per heavy atom. The number of allylic oxidation sites excluding steroid dienone is 1. The van der Waals surface area contributed by atoms with Crippen LogP contribution in [0.3, 0.4) is 0 Å². The molecule has 0 unspecified atom stereocenters. The van der Waals surface area contributed by atoms with E-state index >= 15 is 0 Å². The zero-order valence-corrected chi connectivity index (χ0v) is 6.37. The quantitative estimate of drug-likeness (QED) is 0.633. The van der Waals surface area contributed by atoms with Crippen LogP contribution >= 0.6 is 0 Å². The molecule has 2 heterocycles. The Balaban J connectivity index is 2.21. The van der Waals surface area contributed by atoms with Crippen molar-refractivity contribution in [1.82, 2.24) is 10.3 Å². The highest BCUT2D eigenvalue weighted by atomic mass is 16.1. The average molecular weight is 160 g/mol. The Hall–Kier alpha value is -1.77. The number of aromatic amines is 1. The highest BCUT2D eigenvalue weighted by Crippen LogP contribution is 2.06. The number of H-pyrrole nitrogens is 1. The number of aromatic nitrogens is 1. The van der Waals surface area contributed by atoms with Gasteiger partial charge >= 0.3 is 0 Å². The normalized spacial score (nSPS) is 18.7. The van der Waals surface area contributed by atoms with Gasteiger partial charge in [0.2, 0.25) is 5.91 Å². The lowest BCUT2D eigenvalue weighted by Gasteiger charge is -1.93. The van der Waals surface area contributed by atoms with Crippen molar-refractivity contribution in [2.24, 2.45) is 0 Å². The fourth-order valence-electron chi connectivity index (χ4n) is 1.08. The Labute approximate surface area is 69.8 Å². The Morgan fingerprint density at radius 3 is 2.83 bits per heavy atom. The molecule has 0 radical (unpaired) electrons. The monoisotopic (exact) mass is 160 g/mol. The van der Waals surface area contributed by atoms with Crippen LogP contribution in [0.4, 0.5) is 0 Å². The van der Waals surface area contributed by atoms with Gasteiger partial charge in [-0.1, -0.05) is 0 Å². The number of hydrogen-bond acceptors (Lipinski definition) is 1. The first-order chi connectivity index (χ1) is 5.84. The van der Waals surface area contributed by atoms with Crippen LogP contribution in [0.2, 0.25) is 0 Å². The van der Waals surface area contributed by atoms with E-state index in [1.807, 2.05) is 24.4 Å². The predicted octanol–water partition coefficient (Wildman–Crippen LogP) is 1.04. The van der Waals surface area contributed by atoms with Crippen LogP contribution in [0.15, 0.2) is 36.2 Å². The van der Waals surface area contributed by atoms with Crippen LogP contribution < -0.4 is 5.32 Å². The Kier molecular flexibility index (Phi) is 1.55. The molecule has 2 N–H and O–H groups in total. The molecule has 0 saturated carbocycles. The van der Waals surface area contributed by atoms with Gasteiger partial charge in [0.15, 0.2) is 0 Å². The lowest BCUT2D eigenvalue weighted by atomic mass is 10.3. The fraction of sp³-hybridized carbons (Fsp3) is 0. The molecule has 1 aliphatic rings. The van der Waals surface area contributed by atoms with E-state index in [1.54, 1.807) is 6.08 Å². The van der Waals surface area contributed by atoms with Gasteiger partial charge in [-0.3, -0.25) is 4.79 Å². The third-order valence-corrected chi connectivity index (χ3v) is 1.61. The summed E-state index contributed by atoms with van der Waals surface area (Å²) in [7, 11) is 0. The molecular weight excluding hydrogens is 152 g/mol. The third kappa shape index (κ3) is 1.29. The highest BCUT2D eigenvalue weighted by molar-refractivity contribution is 5.94. The van der Waals surface area contributed by atoms with Gasteiger partial charge in [0.25, 0.3) is 0 Å². The van der Waals surface area contributed by atoms with Crippen LogP contribution in [-0.4, -0.2) is 10.9 Å². The van der Waals surface area contributed by atoms with E-state index in [9.17, 15) is 4.79 Å². The smallest absolute Gasteiger partial charge is 0.248 e. The molecule has 0 atom stereocenters. The Bertz CT molecular complexity index is 347. The fourth-order valence-corrected chi connectivity index (χ4v) is 1.08. The molecule has 60 valence electrons. The summed E-state index contributed by atoms with van der Waals surface area (Å²) in [4.78, 5) is 13.8. The van der Waals surface area contributed by atoms with Crippen molar-refractivity contribution < 1.29 is 4.79 Å². The first kappa shape index (κ1) is 6.91. The lowest BCUT2D eigenvalue weighted by Crippen LogP contribution is -2.12. The van der Waals surface area contributed by atoms with Gasteiger partial charge in [-0.15, -0.1) is 0 Å². The van der Waals surface area contributed by atoms with Crippen LogP contribution in [0.5, 0.6) is 0 Å². The minimum atomic E-state index is -0.0622. The molecule has 3 nitrogen and oxygen atoms in total. The molecule has 1 amide bonds. The molecule has 0 spiro atoms. The summed E-state index contributed by atoms with van der Waals surface area (Å²) in [6.07, 6.45) is 6.98. The summed E-state index contributed by atoms with van der Waals surface area (Å²) in [6.45, 7) is 0. The van der Waals surface area contributed by atoms with Crippen molar-refractivity contribution in [3.05, 3.63) is 41.9 Å². The van der Waals surface area contributed by atoms with E-state index in [4.69, 9.17) is 0 Å². The first-order valence-corrected chi connectivity index (χ1v) is 3.69. The number of rotatable bonds is 1. The molecule has 0 fully saturated rings. The standard InChI is InChI=1S/C9H8N2O/c12-9-4-3-8(11-9)6-7-2-1-5-10-7/h1-6,10H,(H,11,12)/b8-6-. The number of nitrogens with one attached hydrogen (secondary N) is 2. The summed E-state index contributed by atoms with van der Waals surface area (Å²) < 4.78 is 0. The summed E-state index contributed by atoms with van der Waals surface area (Å²) >= 11 is 0. The largest absolute Gasteiger partial charge is 0.362 e. The first-order valence-electron chi connectivity index (χ1n) is 3.69. The van der Waals surface area contributed by atoms with Gasteiger partial charge < -0.3 is 10.3 Å². The summed E-state index contributed by atoms with van der Waals surface area (Å²) in [5, 5.41) is 2.68. The molecular formula is C9H8N2O. The number of hydrogen-bond donors (Lipinski definition) is 2. The van der Waals surface area contributed by atoms with Crippen molar-refractivity contribution in [3.63, 3.8) is 0 Å². The van der Waals surface area contributed by atoms with Crippen molar-refractivity contribution in [1.29, 1.82) is 0 Å². The maximum absolute atomic E-state index is 10.7. The van der Waals surface area contributed by atoms with Crippen LogP contribution in [0.1, 0.15) is 5.69 Å². The SMILES string of the molecule is O=C1C=C/C(=C/c2ccc[nH]2)N1. The van der Waals surface area contributed by atoms with Crippen molar-refractivity contribution in [2.45, 2.75) is 0 Å². The maximum atomic E-state index is 10.7. The lowest BCUT2D eigenvalue weighted by molar-refractivity contribution is -0.115. The molecule has 0 aliphatic carbocycles. The molecule has 12 heavy (non-hydrogen) atoms. The van der Waals surface area contributed by atoms with E-state index in [-0.39, 0.29) is 5.91 Å². The van der Waals surface area contributed by atoms with Crippen molar-refractivity contribution in [2.75, 3.05) is 0 Å². The van der Waals surface area contributed by atoms with Gasteiger partial charge in [-0.25, -0.2) is 0 Å². The molecule has 1 aromatic rings. The number of amides is 1. The van der Waals surface area contributed by atoms with E-state index in [0.717, 1.165) is 11.4 Å². The Morgan fingerprint density at radius 1 is 1.33 bits per heavy atom. The van der Waals surface area contributed by atoms with Crippen LogP contribution in [0.25, 0.3) is 6.08 Å². The molecule has 1 aliphatic heterocycles. The van der Waals surface area contributed by atoms with Gasteiger partial charge in [0.1, 0.15) is 0 Å². The van der Waals surface area contributed by atoms with Crippen molar-refractivity contribution in [3.8, 4) is 0 Å². The van der Waals surface area contributed by atoms with E-state index in [0.29, 0.717) is 0 Å². The van der Waals surface area contributed by atoms with Crippen LogP contribution in [-0.2, 0) is 4.79 Å². The van der Waals surface area contributed by atoms with Crippen molar-refractivity contribution >= 4 is 12.0 Å². The third-order valence-electron chi connectivity index (χ3n) is 1.61. The second-order valence-corrected chi connectivity index (χ2v) is 2.55. The second-order valence-electron chi connectivity index (χ2n) is 2.55. The molecule has 3 heteroatoms. The van der Waals surface area contributed by atoms with E-state index in [1.165, 1.54) is 6.08 Å². The zero-order chi connectivity index (χ0) is 8.39. The van der Waals surface area contributed by atoms with Gasteiger partial charge in [0, 0.05) is 23.7 Å². The summed E-state index contributed by atoms with van der Waals surface area (Å²) in [5.74, 6) is -0.0622. The topological polar surface area (TPSA) is 44.9 Å². The minimum absolute atomic E-state index is 0.0622. The summed E-state index contributed by atoms with van der Waals surface area (Å²) in [5.41, 5.74) is 1.80. The van der Waals surface area contributed by atoms with Gasteiger partial charge in [0.05, 0.1) is 0 Å². The molecule has 0 bridgehead atoms. The molecule has 0 saturated heterocycles. The van der Waals surface area contributed by atoms with Crippen LogP contribution in [0, 0.1) is 0 Å². The van der Waals surface area contributed by atoms with E-state index < -0.39 is 0 Å². The minimum Gasteiger partial charge on any atom is -0.362 e. The predicted molar refractivity (Wildman–Crippen MR) is 46.1 cm³/mol. The van der Waals surface area contributed by atoms with Gasteiger partial charge in [-0.05, 0) is 24.3 Å². The number of carbonyl (C=O) groups excluding carboxylic acids is 1. The molecule has 2 rings (SSSR count). The maximum Gasteiger partial charge on any atom is 0.248 e. The van der Waals surface area contributed by atoms with E-state index in [2.05, 4.69) is 10.3 Å². The highest BCUT2D eigenvalue weighted by Gasteiger charge is 2.05. The molecule has 0 aromatic carbocycles. The summed E-state index contributed by atoms with van der Waals surface area (Å²) in [6, 6.07) is 3.85. The average Bonchev–Trinajstić information content (AvgIpc) is 2.63. The number of carbonyl (C=O) groups is 1. The molecule has 1 aromatic heterocycles. The van der Waals surface area contributed by atoms with Gasteiger partial charge in [-0.2, -0.15) is 0 Å². The second kappa shape index (κ2) is 2.70. The zero-order valence-electron chi connectivity index (χ0n) is 6.37.